The predicted molar refractivity (Wildman–Crippen MR) is 66.2 cm³/mol. The van der Waals surface area contributed by atoms with Gasteiger partial charge >= 0.3 is 0 Å². The summed E-state index contributed by atoms with van der Waals surface area (Å²) in [6.07, 6.45) is 0.660. The fraction of sp³-hybridized carbons (Fsp3) is 0.917. The van der Waals surface area contributed by atoms with Gasteiger partial charge in [-0.05, 0) is 25.7 Å². The van der Waals surface area contributed by atoms with E-state index in [1.807, 2.05) is 13.8 Å². The van der Waals surface area contributed by atoms with Gasteiger partial charge in [0, 0.05) is 19.2 Å². The van der Waals surface area contributed by atoms with E-state index in [4.69, 9.17) is 5.11 Å². The summed E-state index contributed by atoms with van der Waals surface area (Å²) in [6.45, 7) is 10.8. The lowest BCUT2D eigenvalue weighted by Gasteiger charge is -2.33. The van der Waals surface area contributed by atoms with Crippen molar-refractivity contribution in [2.24, 2.45) is 5.41 Å². The summed E-state index contributed by atoms with van der Waals surface area (Å²) in [4.78, 5) is 11.6. The highest BCUT2D eigenvalue weighted by molar-refractivity contribution is 5.81. The lowest BCUT2D eigenvalue weighted by Crippen LogP contribution is -2.51. The van der Waals surface area contributed by atoms with E-state index < -0.39 is 0 Å². The third kappa shape index (κ3) is 5.47. The quantitative estimate of drug-likeness (QED) is 0.635. The Balaban J connectivity index is 4.34. The van der Waals surface area contributed by atoms with Crippen LogP contribution in [0.1, 0.15) is 41.0 Å². The van der Waals surface area contributed by atoms with Gasteiger partial charge in [-0.2, -0.15) is 0 Å². The zero-order chi connectivity index (χ0) is 12.8. The molecule has 0 rings (SSSR count). The first-order valence-corrected chi connectivity index (χ1v) is 5.97. The van der Waals surface area contributed by atoms with Crippen LogP contribution in [0, 0.1) is 5.41 Å². The Labute approximate surface area is 98.8 Å². The molecule has 4 heteroatoms. The van der Waals surface area contributed by atoms with Crippen LogP contribution < -0.4 is 10.6 Å². The lowest BCUT2D eigenvalue weighted by atomic mass is 9.84. The number of aliphatic hydroxyl groups excluding tert-OH is 1. The minimum Gasteiger partial charge on any atom is -0.396 e. The fourth-order valence-electron chi connectivity index (χ4n) is 1.60. The van der Waals surface area contributed by atoms with Gasteiger partial charge < -0.3 is 15.7 Å². The van der Waals surface area contributed by atoms with Gasteiger partial charge in [0.05, 0.1) is 6.04 Å². The number of nitrogens with one attached hydrogen (secondary N) is 2. The molecule has 0 aliphatic rings. The Kier molecular flexibility index (Phi) is 6.60. The molecular formula is C12H26N2O2. The minimum absolute atomic E-state index is 0.00897. The van der Waals surface area contributed by atoms with Gasteiger partial charge in [-0.1, -0.05) is 20.8 Å². The molecule has 0 aliphatic carbocycles. The number of hydrogen-bond donors (Lipinski definition) is 3. The average Bonchev–Trinajstić information content (AvgIpc) is 2.15. The molecule has 16 heavy (non-hydrogen) atoms. The third-order valence-electron chi connectivity index (χ3n) is 2.66. The van der Waals surface area contributed by atoms with Gasteiger partial charge in [0.15, 0.2) is 0 Å². The minimum atomic E-state index is -0.226. The van der Waals surface area contributed by atoms with Crippen LogP contribution in [0.2, 0.25) is 0 Å². The Morgan fingerprint density at radius 3 is 2.31 bits per heavy atom. The second kappa shape index (κ2) is 6.86. The van der Waals surface area contributed by atoms with Crippen molar-refractivity contribution >= 4 is 5.91 Å². The van der Waals surface area contributed by atoms with Gasteiger partial charge in [0.25, 0.3) is 0 Å². The molecule has 1 amide bonds. The van der Waals surface area contributed by atoms with Crippen LogP contribution in [0.5, 0.6) is 0 Å². The van der Waals surface area contributed by atoms with E-state index in [2.05, 4.69) is 31.4 Å². The van der Waals surface area contributed by atoms with E-state index in [9.17, 15) is 4.79 Å². The predicted octanol–water partition coefficient (Wildman–Crippen LogP) is 0.898. The second-order valence-electron chi connectivity index (χ2n) is 5.21. The van der Waals surface area contributed by atoms with Crippen molar-refractivity contribution in [1.29, 1.82) is 0 Å². The number of carbonyl (C=O) groups excluding carboxylic acids is 1. The van der Waals surface area contributed by atoms with E-state index in [0.717, 1.165) is 0 Å². The number of aliphatic hydroxyl groups is 1. The molecule has 0 heterocycles. The molecule has 96 valence electrons. The monoisotopic (exact) mass is 230 g/mol. The van der Waals surface area contributed by atoms with Crippen molar-refractivity contribution < 1.29 is 9.90 Å². The van der Waals surface area contributed by atoms with Crippen molar-refractivity contribution in [3.8, 4) is 0 Å². The molecule has 4 nitrogen and oxygen atoms in total. The van der Waals surface area contributed by atoms with Crippen LogP contribution in [-0.2, 0) is 4.79 Å². The molecule has 0 saturated heterocycles. The highest BCUT2D eigenvalue weighted by Crippen LogP contribution is 2.21. The lowest BCUT2D eigenvalue weighted by molar-refractivity contribution is -0.123. The Morgan fingerprint density at radius 1 is 1.38 bits per heavy atom. The molecule has 2 atom stereocenters. The van der Waals surface area contributed by atoms with Crippen LogP contribution in [0.3, 0.4) is 0 Å². The molecule has 3 N–H and O–H groups in total. The molecule has 0 fully saturated rings. The van der Waals surface area contributed by atoms with Crippen LogP contribution in [-0.4, -0.2) is 36.2 Å². The van der Waals surface area contributed by atoms with Gasteiger partial charge in [-0.15, -0.1) is 0 Å². The fourth-order valence-corrected chi connectivity index (χ4v) is 1.60. The molecule has 2 unspecified atom stereocenters. The molecule has 0 aromatic rings. The largest absolute Gasteiger partial charge is 0.396 e. The number of likely N-dealkylation sites (N-methyl/N-ethyl adjacent to an activating group) is 1. The number of carbonyl (C=O) groups is 1. The Morgan fingerprint density at radius 2 is 1.94 bits per heavy atom. The summed E-state index contributed by atoms with van der Waals surface area (Å²) >= 11 is 0. The van der Waals surface area contributed by atoms with Crippen molar-refractivity contribution in [1.82, 2.24) is 10.6 Å². The normalized spacial score (nSPS) is 15.6. The first-order valence-electron chi connectivity index (χ1n) is 5.97. The van der Waals surface area contributed by atoms with Gasteiger partial charge in [0.1, 0.15) is 0 Å². The van der Waals surface area contributed by atoms with Crippen LogP contribution in [0.15, 0.2) is 0 Å². The number of hydrogen-bond acceptors (Lipinski definition) is 3. The number of amides is 1. The molecule has 0 aliphatic heterocycles. The SMILES string of the molecule is CCNC(=O)C(C)NC(CCO)C(C)(C)C. The number of rotatable bonds is 6. The second-order valence-corrected chi connectivity index (χ2v) is 5.21. The Hall–Kier alpha value is -0.610. The summed E-state index contributed by atoms with van der Waals surface area (Å²) in [5.41, 5.74) is 0.0312. The highest BCUT2D eigenvalue weighted by atomic mass is 16.3. The first-order chi connectivity index (χ1) is 7.32. The maximum absolute atomic E-state index is 11.6. The van der Waals surface area contributed by atoms with E-state index in [0.29, 0.717) is 13.0 Å². The summed E-state index contributed by atoms with van der Waals surface area (Å²) < 4.78 is 0. The van der Waals surface area contributed by atoms with Crippen LogP contribution >= 0.6 is 0 Å². The maximum Gasteiger partial charge on any atom is 0.236 e. The third-order valence-corrected chi connectivity index (χ3v) is 2.66. The summed E-state index contributed by atoms with van der Waals surface area (Å²) in [6, 6.07) is -0.0918. The van der Waals surface area contributed by atoms with Gasteiger partial charge in [-0.25, -0.2) is 0 Å². The zero-order valence-electron chi connectivity index (χ0n) is 11.1. The molecule has 0 aromatic heterocycles. The molecule has 0 saturated carbocycles. The Bertz CT molecular complexity index is 212. The van der Waals surface area contributed by atoms with Crippen LogP contribution in [0.25, 0.3) is 0 Å². The van der Waals surface area contributed by atoms with E-state index in [1.165, 1.54) is 0 Å². The van der Waals surface area contributed by atoms with E-state index in [-0.39, 0.29) is 30.0 Å². The maximum atomic E-state index is 11.6. The molecule has 0 bridgehead atoms. The van der Waals surface area contributed by atoms with Crippen molar-refractivity contribution in [2.75, 3.05) is 13.2 Å². The van der Waals surface area contributed by atoms with Crippen molar-refractivity contribution in [3.05, 3.63) is 0 Å². The van der Waals surface area contributed by atoms with E-state index in [1.54, 1.807) is 0 Å². The van der Waals surface area contributed by atoms with Gasteiger partial charge in [-0.3, -0.25) is 4.79 Å². The average molecular weight is 230 g/mol. The summed E-state index contributed by atoms with van der Waals surface area (Å²) in [5.74, 6) is 0.00897. The van der Waals surface area contributed by atoms with Crippen LogP contribution in [0.4, 0.5) is 0 Å². The zero-order valence-corrected chi connectivity index (χ0v) is 11.1. The smallest absolute Gasteiger partial charge is 0.236 e. The molecular weight excluding hydrogens is 204 g/mol. The summed E-state index contributed by atoms with van der Waals surface area (Å²) in [5, 5.41) is 15.1. The first kappa shape index (κ1) is 15.4. The topological polar surface area (TPSA) is 61.4 Å². The standard InChI is InChI=1S/C12H26N2O2/c1-6-13-11(16)9(2)14-10(7-8-15)12(3,4)5/h9-10,14-15H,6-8H2,1-5H3,(H,13,16). The van der Waals surface area contributed by atoms with E-state index >= 15 is 0 Å². The summed E-state index contributed by atoms with van der Waals surface area (Å²) in [7, 11) is 0. The molecule has 0 spiro atoms. The van der Waals surface area contributed by atoms with Crippen molar-refractivity contribution in [3.63, 3.8) is 0 Å². The highest BCUT2D eigenvalue weighted by Gasteiger charge is 2.26. The molecule has 0 radical (unpaired) electrons. The van der Waals surface area contributed by atoms with Crippen molar-refractivity contribution in [2.45, 2.75) is 53.1 Å². The molecule has 0 aromatic carbocycles. The van der Waals surface area contributed by atoms with Gasteiger partial charge in [0.2, 0.25) is 5.91 Å².